The molecule has 0 aromatic heterocycles. The van der Waals surface area contributed by atoms with Gasteiger partial charge in [-0.25, -0.2) is 0 Å². The molecule has 1 aromatic rings. The number of carbonyl (C=O) groups is 1. The molecule has 1 saturated heterocycles. The van der Waals surface area contributed by atoms with E-state index in [0.29, 0.717) is 13.2 Å². The maximum atomic E-state index is 12.3. The number of nitrogens with one attached hydrogen (secondary N) is 2. The highest BCUT2D eigenvalue weighted by atomic mass is 16.5. The van der Waals surface area contributed by atoms with E-state index in [1.165, 1.54) is 0 Å². The highest BCUT2D eigenvalue weighted by Gasteiger charge is 2.34. The zero-order valence-corrected chi connectivity index (χ0v) is 12.4. The first-order chi connectivity index (χ1) is 9.64. The average Bonchev–Trinajstić information content (AvgIpc) is 2.46. The Kier molecular flexibility index (Phi) is 5.01. The van der Waals surface area contributed by atoms with Crippen molar-refractivity contribution in [3.05, 3.63) is 29.8 Å². The summed E-state index contributed by atoms with van der Waals surface area (Å²) in [4.78, 5) is 12.3. The summed E-state index contributed by atoms with van der Waals surface area (Å²) in [6.45, 7) is 7.07. The van der Waals surface area contributed by atoms with Crippen LogP contribution in [-0.4, -0.2) is 25.6 Å². The van der Waals surface area contributed by atoms with Gasteiger partial charge in [0.2, 0.25) is 5.91 Å². The molecule has 110 valence electrons. The number of amides is 1. The van der Waals surface area contributed by atoms with Crippen molar-refractivity contribution >= 4 is 5.91 Å². The Morgan fingerprint density at radius 1 is 1.40 bits per heavy atom. The van der Waals surface area contributed by atoms with E-state index in [4.69, 9.17) is 4.74 Å². The van der Waals surface area contributed by atoms with Crippen molar-refractivity contribution in [1.29, 1.82) is 0 Å². The second kappa shape index (κ2) is 6.75. The molecule has 20 heavy (non-hydrogen) atoms. The van der Waals surface area contributed by atoms with E-state index in [0.717, 1.165) is 37.2 Å². The van der Waals surface area contributed by atoms with E-state index in [9.17, 15) is 4.79 Å². The third-order valence-electron chi connectivity index (χ3n) is 3.92. The van der Waals surface area contributed by atoms with Crippen molar-refractivity contribution in [3.8, 4) is 5.75 Å². The predicted molar refractivity (Wildman–Crippen MR) is 79.7 cm³/mol. The Morgan fingerprint density at radius 2 is 2.15 bits per heavy atom. The Morgan fingerprint density at radius 3 is 2.85 bits per heavy atom. The Bertz CT molecular complexity index is 454. The minimum absolute atomic E-state index is 0.154. The van der Waals surface area contributed by atoms with Crippen LogP contribution in [0, 0.1) is 5.41 Å². The number of piperidine rings is 1. The second-order valence-corrected chi connectivity index (χ2v) is 5.57. The van der Waals surface area contributed by atoms with Crippen molar-refractivity contribution in [1.82, 2.24) is 10.6 Å². The van der Waals surface area contributed by atoms with Crippen LogP contribution in [0.4, 0.5) is 0 Å². The summed E-state index contributed by atoms with van der Waals surface area (Å²) in [7, 11) is 0. The van der Waals surface area contributed by atoms with Gasteiger partial charge >= 0.3 is 0 Å². The summed E-state index contributed by atoms with van der Waals surface area (Å²) >= 11 is 0. The van der Waals surface area contributed by atoms with Crippen LogP contribution in [0.3, 0.4) is 0 Å². The molecular weight excluding hydrogens is 252 g/mol. The minimum atomic E-state index is -0.233. The van der Waals surface area contributed by atoms with Crippen molar-refractivity contribution in [2.75, 3.05) is 19.7 Å². The molecular formula is C16H24N2O2. The maximum Gasteiger partial charge on any atom is 0.226 e. The maximum absolute atomic E-state index is 12.3. The quantitative estimate of drug-likeness (QED) is 0.866. The van der Waals surface area contributed by atoms with Crippen molar-refractivity contribution in [2.45, 2.75) is 33.2 Å². The first-order valence-electron chi connectivity index (χ1n) is 7.35. The molecule has 0 spiro atoms. The highest BCUT2D eigenvalue weighted by Crippen LogP contribution is 2.28. The van der Waals surface area contributed by atoms with Gasteiger partial charge in [0, 0.05) is 12.0 Å². The van der Waals surface area contributed by atoms with Crippen LogP contribution in [0.25, 0.3) is 0 Å². The average molecular weight is 276 g/mol. The van der Waals surface area contributed by atoms with Crippen LogP contribution >= 0.6 is 0 Å². The summed E-state index contributed by atoms with van der Waals surface area (Å²) in [5.41, 5.74) is 0.838. The molecule has 1 amide bonds. The normalized spacial score (nSPS) is 17.5. The molecule has 0 atom stereocenters. The second-order valence-electron chi connectivity index (χ2n) is 5.57. The fraction of sp³-hybridized carbons (Fsp3) is 0.562. The molecule has 1 aromatic carbocycles. The predicted octanol–water partition coefficient (Wildman–Crippen LogP) is 2.09. The standard InChI is InChI=1S/C16H24N2O2/c1-3-20-14-6-4-5-13(11-14)12-18-15(19)16(2)7-9-17-10-8-16/h4-6,11,17H,3,7-10,12H2,1-2H3,(H,18,19). The van der Waals surface area contributed by atoms with Gasteiger partial charge in [-0.2, -0.15) is 0 Å². The Balaban J connectivity index is 1.91. The van der Waals surface area contributed by atoms with Gasteiger partial charge in [0.1, 0.15) is 5.75 Å². The lowest BCUT2D eigenvalue weighted by Crippen LogP contribution is -2.45. The van der Waals surface area contributed by atoms with Gasteiger partial charge in [-0.1, -0.05) is 19.1 Å². The van der Waals surface area contributed by atoms with Crippen molar-refractivity contribution in [3.63, 3.8) is 0 Å². The molecule has 0 saturated carbocycles. The number of carbonyl (C=O) groups excluding carboxylic acids is 1. The monoisotopic (exact) mass is 276 g/mol. The SMILES string of the molecule is CCOc1cccc(CNC(=O)C2(C)CCNCC2)c1. The number of hydrogen-bond acceptors (Lipinski definition) is 3. The van der Waals surface area contributed by atoms with Gasteiger partial charge in [-0.3, -0.25) is 4.79 Å². The molecule has 2 rings (SSSR count). The Hall–Kier alpha value is -1.55. The third kappa shape index (κ3) is 3.73. The fourth-order valence-electron chi connectivity index (χ4n) is 2.51. The first-order valence-corrected chi connectivity index (χ1v) is 7.35. The molecule has 1 heterocycles. The van der Waals surface area contributed by atoms with Gasteiger partial charge in [-0.15, -0.1) is 0 Å². The largest absolute Gasteiger partial charge is 0.494 e. The molecule has 4 nitrogen and oxygen atoms in total. The van der Waals surface area contributed by atoms with Crippen LogP contribution in [0.5, 0.6) is 5.75 Å². The van der Waals surface area contributed by atoms with Crippen LogP contribution in [0.2, 0.25) is 0 Å². The molecule has 1 aliphatic heterocycles. The lowest BCUT2D eigenvalue weighted by atomic mass is 9.80. The third-order valence-corrected chi connectivity index (χ3v) is 3.92. The first kappa shape index (κ1) is 14.9. The van der Waals surface area contributed by atoms with Gasteiger partial charge in [0.05, 0.1) is 6.61 Å². The highest BCUT2D eigenvalue weighted by molar-refractivity contribution is 5.82. The summed E-state index contributed by atoms with van der Waals surface area (Å²) in [6.07, 6.45) is 1.80. The zero-order chi connectivity index (χ0) is 14.4. The molecule has 0 bridgehead atoms. The van der Waals surface area contributed by atoms with Crippen LogP contribution in [0.1, 0.15) is 32.3 Å². The van der Waals surface area contributed by atoms with Crippen LogP contribution in [-0.2, 0) is 11.3 Å². The molecule has 1 aliphatic rings. The van der Waals surface area contributed by atoms with E-state index in [-0.39, 0.29) is 11.3 Å². The van der Waals surface area contributed by atoms with Crippen molar-refractivity contribution < 1.29 is 9.53 Å². The summed E-state index contributed by atoms with van der Waals surface area (Å²) in [5, 5.41) is 6.35. The number of hydrogen-bond donors (Lipinski definition) is 2. The van der Waals surface area contributed by atoms with Crippen molar-refractivity contribution in [2.24, 2.45) is 5.41 Å². The summed E-state index contributed by atoms with van der Waals surface area (Å²) in [5.74, 6) is 1.01. The molecule has 2 N–H and O–H groups in total. The lowest BCUT2D eigenvalue weighted by Gasteiger charge is -2.32. The summed E-state index contributed by atoms with van der Waals surface area (Å²) in [6, 6.07) is 7.88. The van der Waals surface area contributed by atoms with E-state index >= 15 is 0 Å². The zero-order valence-electron chi connectivity index (χ0n) is 12.4. The lowest BCUT2D eigenvalue weighted by molar-refractivity contribution is -0.131. The minimum Gasteiger partial charge on any atom is -0.494 e. The van der Waals surface area contributed by atoms with E-state index in [1.54, 1.807) is 0 Å². The number of benzene rings is 1. The Labute approximate surface area is 120 Å². The molecule has 0 unspecified atom stereocenters. The van der Waals surface area contributed by atoms with Crippen LogP contribution in [0.15, 0.2) is 24.3 Å². The van der Waals surface area contributed by atoms with Gasteiger partial charge < -0.3 is 15.4 Å². The van der Waals surface area contributed by atoms with Gasteiger partial charge in [-0.05, 0) is 50.6 Å². The topological polar surface area (TPSA) is 50.4 Å². The van der Waals surface area contributed by atoms with E-state index in [2.05, 4.69) is 17.6 Å². The molecule has 1 fully saturated rings. The number of rotatable bonds is 5. The molecule has 4 heteroatoms. The van der Waals surface area contributed by atoms with E-state index in [1.807, 2.05) is 31.2 Å². The fourth-order valence-corrected chi connectivity index (χ4v) is 2.51. The summed E-state index contributed by atoms with van der Waals surface area (Å²) < 4.78 is 5.47. The van der Waals surface area contributed by atoms with Gasteiger partial charge in [0.15, 0.2) is 0 Å². The van der Waals surface area contributed by atoms with E-state index < -0.39 is 0 Å². The van der Waals surface area contributed by atoms with Gasteiger partial charge in [0.25, 0.3) is 0 Å². The number of ether oxygens (including phenoxy) is 1. The van der Waals surface area contributed by atoms with Crippen LogP contribution < -0.4 is 15.4 Å². The molecule has 0 radical (unpaired) electrons. The molecule has 0 aliphatic carbocycles. The smallest absolute Gasteiger partial charge is 0.226 e.